The van der Waals surface area contributed by atoms with Crippen LogP contribution in [0, 0.1) is 5.21 Å². The first-order chi connectivity index (χ1) is 9.70. The molecule has 4 heteroatoms. The minimum absolute atomic E-state index is 0.101. The highest BCUT2D eigenvalue weighted by atomic mass is 16.5. The van der Waals surface area contributed by atoms with Gasteiger partial charge in [-0.3, -0.25) is 4.79 Å². The molecule has 4 nitrogen and oxygen atoms in total. The Kier molecular flexibility index (Phi) is 3.14. The predicted molar refractivity (Wildman–Crippen MR) is 75.1 cm³/mol. The molecular weight excluding hydrogens is 252 g/mol. The van der Waals surface area contributed by atoms with E-state index in [1.807, 2.05) is 18.2 Å². The number of carbonyl (C=O) groups is 1. The Labute approximate surface area is 117 Å². The quantitative estimate of drug-likeness (QED) is 0.679. The highest BCUT2D eigenvalue weighted by Crippen LogP contribution is 2.47. The van der Waals surface area contributed by atoms with Crippen molar-refractivity contribution in [1.82, 2.24) is 5.32 Å². The summed E-state index contributed by atoms with van der Waals surface area (Å²) in [4.78, 5) is 12.0. The van der Waals surface area contributed by atoms with E-state index < -0.39 is 0 Å². The molecule has 1 aliphatic carbocycles. The summed E-state index contributed by atoms with van der Waals surface area (Å²) in [5.74, 6) is -0.132. The molecule has 1 amide bonds. The number of amides is 1. The number of pyridine rings is 1. The van der Waals surface area contributed by atoms with Gasteiger partial charge in [-0.25, -0.2) is 0 Å². The number of nitrogens with zero attached hydrogens (tertiary/aromatic N) is 1. The summed E-state index contributed by atoms with van der Waals surface area (Å²) >= 11 is 0. The highest BCUT2D eigenvalue weighted by molar-refractivity contribution is 5.94. The predicted octanol–water partition coefficient (Wildman–Crippen LogP) is 1.78. The smallest absolute Gasteiger partial charge is 0.251 e. The Morgan fingerprint density at radius 3 is 2.40 bits per heavy atom. The molecule has 0 bridgehead atoms. The van der Waals surface area contributed by atoms with E-state index in [9.17, 15) is 10.0 Å². The molecule has 20 heavy (non-hydrogen) atoms. The van der Waals surface area contributed by atoms with Gasteiger partial charge in [0, 0.05) is 24.1 Å². The molecule has 0 radical (unpaired) electrons. The molecule has 1 fully saturated rings. The van der Waals surface area contributed by atoms with Crippen molar-refractivity contribution < 1.29 is 9.52 Å². The molecule has 0 aliphatic heterocycles. The van der Waals surface area contributed by atoms with Crippen molar-refractivity contribution in [3.05, 3.63) is 71.2 Å². The number of benzene rings is 1. The third-order valence-electron chi connectivity index (χ3n) is 3.89. The van der Waals surface area contributed by atoms with E-state index in [1.54, 1.807) is 0 Å². The molecule has 0 unspecified atom stereocenters. The van der Waals surface area contributed by atoms with Crippen molar-refractivity contribution in [3.8, 4) is 0 Å². The molecule has 1 aromatic carbocycles. The number of carbonyl (C=O) groups excluding carboxylic acids is 1. The van der Waals surface area contributed by atoms with Crippen LogP contribution in [0.3, 0.4) is 0 Å². The maximum Gasteiger partial charge on any atom is 0.251 e. The van der Waals surface area contributed by atoms with Crippen LogP contribution in [0.4, 0.5) is 0 Å². The van der Waals surface area contributed by atoms with Crippen LogP contribution < -0.4 is 10.0 Å². The second-order valence-corrected chi connectivity index (χ2v) is 5.28. The molecule has 1 aliphatic rings. The SMILES string of the molecule is O=C(NCC1(c2ccccc2)CC1)c1cc[n+]([O-])cc1. The summed E-state index contributed by atoms with van der Waals surface area (Å²) in [5, 5.41) is 13.9. The van der Waals surface area contributed by atoms with E-state index >= 15 is 0 Å². The van der Waals surface area contributed by atoms with E-state index in [1.165, 1.54) is 30.1 Å². The third kappa shape index (κ3) is 2.50. The molecular formula is C16H16N2O2. The fraction of sp³-hybridized carbons (Fsp3) is 0.250. The Balaban J connectivity index is 1.65. The van der Waals surface area contributed by atoms with Gasteiger partial charge in [-0.1, -0.05) is 30.3 Å². The van der Waals surface area contributed by atoms with Gasteiger partial charge in [0.1, 0.15) is 0 Å². The molecule has 0 spiro atoms. The summed E-state index contributed by atoms with van der Waals surface area (Å²) in [6.45, 7) is 0.641. The number of aromatic nitrogens is 1. The molecule has 102 valence electrons. The molecule has 0 atom stereocenters. The first-order valence-electron chi connectivity index (χ1n) is 6.72. The van der Waals surface area contributed by atoms with E-state index in [2.05, 4.69) is 17.4 Å². The van der Waals surface area contributed by atoms with Gasteiger partial charge in [-0.15, -0.1) is 0 Å². The zero-order chi connectivity index (χ0) is 14.0. The van der Waals surface area contributed by atoms with Gasteiger partial charge in [-0.05, 0) is 18.4 Å². The molecule has 0 saturated heterocycles. The van der Waals surface area contributed by atoms with Gasteiger partial charge in [0.2, 0.25) is 0 Å². The highest BCUT2D eigenvalue weighted by Gasteiger charge is 2.44. The van der Waals surface area contributed by atoms with Gasteiger partial charge in [0.05, 0.1) is 5.56 Å². The Bertz CT molecular complexity index is 604. The Morgan fingerprint density at radius 1 is 1.15 bits per heavy atom. The van der Waals surface area contributed by atoms with Crippen LogP contribution >= 0.6 is 0 Å². The van der Waals surface area contributed by atoms with Crippen LogP contribution in [0.1, 0.15) is 28.8 Å². The number of hydrogen-bond acceptors (Lipinski definition) is 2. The van der Waals surface area contributed by atoms with Gasteiger partial charge >= 0.3 is 0 Å². The largest absolute Gasteiger partial charge is 0.619 e. The average Bonchev–Trinajstić information content (AvgIpc) is 3.28. The van der Waals surface area contributed by atoms with Gasteiger partial charge in [0.15, 0.2) is 12.4 Å². The van der Waals surface area contributed by atoms with Crippen LogP contribution in [0.5, 0.6) is 0 Å². The van der Waals surface area contributed by atoms with E-state index in [-0.39, 0.29) is 11.3 Å². The number of nitrogens with one attached hydrogen (secondary N) is 1. The summed E-state index contributed by atoms with van der Waals surface area (Å²) in [7, 11) is 0. The number of hydrogen-bond donors (Lipinski definition) is 1. The average molecular weight is 268 g/mol. The van der Waals surface area contributed by atoms with Crippen LogP contribution in [0.25, 0.3) is 0 Å². The first kappa shape index (κ1) is 12.7. The minimum Gasteiger partial charge on any atom is -0.619 e. The van der Waals surface area contributed by atoms with E-state index in [4.69, 9.17) is 0 Å². The molecule has 1 heterocycles. The van der Waals surface area contributed by atoms with Crippen LogP contribution in [0.2, 0.25) is 0 Å². The molecule has 1 N–H and O–H groups in total. The standard InChI is InChI=1S/C16H16N2O2/c19-15(13-6-10-18(20)11-7-13)17-12-16(8-9-16)14-4-2-1-3-5-14/h1-7,10-11H,8-9,12H2,(H,17,19). The third-order valence-corrected chi connectivity index (χ3v) is 3.89. The second-order valence-electron chi connectivity index (χ2n) is 5.28. The van der Waals surface area contributed by atoms with Gasteiger partial charge in [0.25, 0.3) is 5.91 Å². The van der Waals surface area contributed by atoms with Crippen molar-refractivity contribution >= 4 is 5.91 Å². The normalized spacial score (nSPS) is 15.6. The van der Waals surface area contributed by atoms with Gasteiger partial charge in [-0.2, -0.15) is 4.73 Å². The summed E-state index contributed by atoms with van der Waals surface area (Å²) in [6, 6.07) is 13.3. The van der Waals surface area contributed by atoms with Crippen molar-refractivity contribution in [2.24, 2.45) is 0 Å². The maximum atomic E-state index is 12.0. The fourth-order valence-corrected chi connectivity index (χ4v) is 2.43. The van der Waals surface area contributed by atoms with Crippen molar-refractivity contribution in [2.45, 2.75) is 18.3 Å². The van der Waals surface area contributed by atoms with Crippen LogP contribution in [-0.2, 0) is 5.41 Å². The summed E-state index contributed by atoms with van der Waals surface area (Å²) in [6.07, 6.45) is 4.87. The minimum atomic E-state index is -0.132. The summed E-state index contributed by atoms with van der Waals surface area (Å²) < 4.78 is 0.670. The van der Waals surface area contributed by atoms with Gasteiger partial charge < -0.3 is 10.5 Å². The lowest BCUT2D eigenvalue weighted by atomic mass is 9.96. The van der Waals surface area contributed by atoms with Crippen molar-refractivity contribution in [2.75, 3.05) is 6.54 Å². The van der Waals surface area contributed by atoms with Crippen molar-refractivity contribution in [1.29, 1.82) is 0 Å². The topological polar surface area (TPSA) is 56.0 Å². The van der Waals surface area contributed by atoms with E-state index in [0.29, 0.717) is 16.8 Å². The zero-order valence-electron chi connectivity index (χ0n) is 11.1. The lowest BCUT2D eigenvalue weighted by molar-refractivity contribution is -0.605. The lowest BCUT2D eigenvalue weighted by Gasteiger charge is -2.16. The van der Waals surface area contributed by atoms with Crippen LogP contribution in [0.15, 0.2) is 54.9 Å². The van der Waals surface area contributed by atoms with Crippen LogP contribution in [-0.4, -0.2) is 12.5 Å². The Morgan fingerprint density at radius 2 is 1.80 bits per heavy atom. The summed E-state index contributed by atoms with van der Waals surface area (Å²) in [5.41, 5.74) is 1.90. The fourth-order valence-electron chi connectivity index (χ4n) is 2.43. The lowest BCUT2D eigenvalue weighted by Crippen LogP contribution is -2.33. The second kappa shape index (κ2) is 4.96. The maximum absolute atomic E-state index is 12.0. The Hall–Kier alpha value is -2.36. The molecule has 1 aromatic heterocycles. The van der Waals surface area contributed by atoms with Crippen molar-refractivity contribution in [3.63, 3.8) is 0 Å². The first-order valence-corrected chi connectivity index (χ1v) is 6.72. The molecule has 2 aromatic rings. The van der Waals surface area contributed by atoms with E-state index in [0.717, 1.165) is 12.8 Å². The number of rotatable bonds is 4. The molecule has 1 saturated carbocycles. The monoisotopic (exact) mass is 268 g/mol. The molecule has 3 rings (SSSR count). The zero-order valence-corrected chi connectivity index (χ0v) is 11.1.